The second-order valence-corrected chi connectivity index (χ2v) is 6.37. The van der Waals surface area contributed by atoms with Gasteiger partial charge in [-0.3, -0.25) is 9.59 Å². The van der Waals surface area contributed by atoms with Crippen molar-refractivity contribution in [3.05, 3.63) is 58.4 Å². The molecule has 1 aliphatic rings. The molecular formula is C19H18ClFN2O3. The molecule has 0 aliphatic carbocycles. The van der Waals surface area contributed by atoms with E-state index in [1.165, 1.54) is 12.1 Å². The Hall–Kier alpha value is -2.44. The summed E-state index contributed by atoms with van der Waals surface area (Å²) in [5.41, 5.74) is 2.60. The quantitative estimate of drug-likeness (QED) is 0.866. The zero-order chi connectivity index (χ0) is 18.7. The first-order valence-corrected chi connectivity index (χ1v) is 8.56. The molecule has 1 aliphatic heterocycles. The van der Waals surface area contributed by atoms with Gasteiger partial charge in [0.05, 0.1) is 17.2 Å². The monoisotopic (exact) mass is 376 g/mol. The SMILES string of the molecule is COCCN1C(=O)CCc2cc(NC(=O)c3ccc(F)cc3Cl)ccc21. The fourth-order valence-electron chi connectivity index (χ4n) is 2.94. The normalized spacial score (nSPS) is 13.5. The Morgan fingerprint density at radius 2 is 2.08 bits per heavy atom. The first kappa shape index (κ1) is 18.4. The van der Waals surface area contributed by atoms with Gasteiger partial charge in [-0.15, -0.1) is 0 Å². The first-order chi connectivity index (χ1) is 12.5. The van der Waals surface area contributed by atoms with Crippen molar-refractivity contribution in [1.29, 1.82) is 0 Å². The van der Waals surface area contributed by atoms with E-state index in [-0.39, 0.29) is 16.5 Å². The number of nitrogens with zero attached hydrogens (tertiary/aromatic N) is 1. The highest BCUT2D eigenvalue weighted by molar-refractivity contribution is 6.34. The third kappa shape index (κ3) is 3.86. The number of carbonyl (C=O) groups is 2. The average Bonchev–Trinajstić information content (AvgIpc) is 2.61. The molecule has 2 amide bonds. The van der Waals surface area contributed by atoms with E-state index >= 15 is 0 Å². The van der Waals surface area contributed by atoms with Crippen LogP contribution in [0.2, 0.25) is 5.02 Å². The van der Waals surface area contributed by atoms with Crippen LogP contribution in [0.15, 0.2) is 36.4 Å². The standard InChI is InChI=1S/C19H18ClFN2O3/c1-26-9-8-23-17-6-4-14(10-12(17)2-7-18(23)24)22-19(25)15-5-3-13(21)11-16(15)20/h3-6,10-11H,2,7-9H2,1H3,(H,22,25). The molecule has 136 valence electrons. The van der Waals surface area contributed by atoms with Crippen LogP contribution >= 0.6 is 11.6 Å². The molecule has 1 heterocycles. The molecule has 2 aromatic carbocycles. The van der Waals surface area contributed by atoms with Gasteiger partial charge in [-0.1, -0.05) is 11.6 Å². The Morgan fingerprint density at radius 1 is 1.27 bits per heavy atom. The van der Waals surface area contributed by atoms with Crippen molar-refractivity contribution < 1.29 is 18.7 Å². The van der Waals surface area contributed by atoms with Crippen LogP contribution in [0.4, 0.5) is 15.8 Å². The van der Waals surface area contributed by atoms with Crippen molar-refractivity contribution in [3.8, 4) is 0 Å². The van der Waals surface area contributed by atoms with Crippen molar-refractivity contribution >= 4 is 34.8 Å². The number of methoxy groups -OCH3 is 1. The number of anilines is 2. The predicted octanol–water partition coefficient (Wildman–Crippen LogP) is 3.66. The highest BCUT2D eigenvalue weighted by Gasteiger charge is 2.24. The van der Waals surface area contributed by atoms with Gasteiger partial charge in [-0.25, -0.2) is 4.39 Å². The molecule has 5 nitrogen and oxygen atoms in total. The topological polar surface area (TPSA) is 58.6 Å². The summed E-state index contributed by atoms with van der Waals surface area (Å²) in [5.74, 6) is -0.858. The molecule has 0 fully saturated rings. The lowest BCUT2D eigenvalue weighted by atomic mass is 10.0. The molecule has 3 rings (SSSR count). The molecule has 0 aromatic heterocycles. The Kier molecular flexibility index (Phi) is 5.54. The van der Waals surface area contributed by atoms with Crippen molar-refractivity contribution in [2.75, 3.05) is 30.5 Å². The third-order valence-electron chi connectivity index (χ3n) is 4.23. The number of amides is 2. The number of carbonyl (C=O) groups excluding carboxylic acids is 2. The fraction of sp³-hybridized carbons (Fsp3) is 0.263. The summed E-state index contributed by atoms with van der Waals surface area (Å²) in [7, 11) is 1.59. The Balaban J connectivity index is 1.80. The molecule has 26 heavy (non-hydrogen) atoms. The second kappa shape index (κ2) is 7.85. The molecule has 7 heteroatoms. The minimum absolute atomic E-state index is 0.0526. The number of benzene rings is 2. The summed E-state index contributed by atoms with van der Waals surface area (Å²) in [6.07, 6.45) is 1.02. The maximum absolute atomic E-state index is 13.1. The number of hydrogen-bond donors (Lipinski definition) is 1. The van der Waals surface area contributed by atoms with Crippen molar-refractivity contribution in [3.63, 3.8) is 0 Å². The van der Waals surface area contributed by atoms with Gasteiger partial charge in [-0.05, 0) is 48.4 Å². The van der Waals surface area contributed by atoms with Crippen LogP contribution in [0.1, 0.15) is 22.3 Å². The minimum atomic E-state index is -0.499. The van der Waals surface area contributed by atoms with Gasteiger partial charge < -0.3 is 15.0 Å². The van der Waals surface area contributed by atoms with E-state index in [4.69, 9.17) is 16.3 Å². The molecule has 0 bridgehead atoms. The molecule has 0 saturated heterocycles. The molecule has 0 atom stereocenters. The Bertz CT molecular complexity index is 857. The van der Waals surface area contributed by atoms with Crippen LogP contribution in [-0.4, -0.2) is 32.1 Å². The zero-order valence-electron chi connectivity index (χ0n) is 14.2. The lowest BCUT2D eigenvalue weighted by Crippen LogP contribution is -2.37. The highest BCUT2D eigenvalue weighted by atomic mass is 35.5. The van der Waals surface area contributed by atoms with E-state index in [0.717, 1.165) is 17.3 Å². The van der Waals surface area contributed by atoms with Crippen molar-refractivity contribution in [2.24, 2.45) is 0 Å². The molecule has 1 N–H and O–H groups in total. The minimum Gasteiger partial charge on any atom is -0.383 e. The first-order valence-electron chi connectivity index (χ1n) is 8.18. The summed E-state index contributed by atoms with van der Waals surface area (Å²) < 4.78 is 18.2. The van der Waals surface area contributed by atoms with E-state index in [2.05, 4.69) is 5.32 Å². The third-order valence-corrected chi connectivity index (χ3v) is 4.54. The zero-order valence-corrected chi connectivity index (χ0v) is 15.0. The summed E-state index contributed by atoms with van der Waals surface area (Å²) in [5, 5.41) is 2.82. The van der Waals surface area contributed by atoms with Crippen molar-refractivity contribution in [1.82, 2.24) is 0 Å². The van der Waals surface area contributed by atoms with Crippen LogP contribution in [0.5, 0.6) is 0 Å². The van der Waals surface area contributed by atoms with E-state index in [9.17, 15) is 14.0 Å². The predicted molar refractivity (Wildman–Crippen MR) is 98.4 cm³/mol. The molecule has 0 unspecified atom stereocenters. The molecule has 2 aromatic rings. The Morgan fingerprint density at radius 3 is 2.81 bits per heavy atom. The number of nitrogens with one attached hydrogen (secondary N) is 1. The Labute approximate surface area is 155 Å². The maximum atomic E-state index is 13.1. The van der Waals surface area contributed by atoms with Crippen molar-refractivity contribution in [2.45, 2.75) is 12.8 Å². The number of rotatable bonds is 5. The van der Waals surface area contributed by atoms with Crippen LogP contribution in [0, 0.1) is 5.82 Å². The van der Waals surface area contributed by atoms with Crippen LogP contribution in [0.25, 0.3) is 0 Å². The highest BCUT2D eigenvalue weighted by Crippen LogP contribution is 2.30. The van der Waals surface area contributed by atoms with Gasteiger partial charge in [0.2, 0.25) is 5.91 Å². The van der Waals surface area contributed by atoms with Crippen LogP contribution in [0.3, 0.4) is 0 Å². The van der Waals surface area contributed by atoms with Gasteiger partial charge >= 0.3 is 0 Å². The summed E-state index contributed by atoms with van der Waals surface area (Å²) >= 11 is 5.93. The number of aryl methyl sites for hydroxylation is 1. The van der Waals surface area contributed by atoms with Gasteiger partial charge in [0.25, 0.3) is 5.91 Å². The molecule has 0 radical (unpaired) electrons. The number of fused-ring (bicyclic) bond motifs is 1. The summed E-state index contributed by atoms with van der Waals surface area (Å²) in [6, 6.07) is 9.01. The lowest BCUT2D eigenvalue weighted by molar-refractivity contribution is -0.119. The van der Waals surface area contributed by atoms with Crippen LogP contribution in [-0.2, 0) is 16.0 Å². The maximum Gasteiger partial charge on any atom is 0.257 e. The van der Waals surface area contributed by atoms with Gasteiger partial charge in [0.15, 0.2) is 0 Å². The van der Waals surface area contributed by atoms with E-state index in [1.807, 2.05) is 12.1 Å². The lowest BCUT2D eigenvalue weighted by Gasteiger charge is -2.29. The molecule has 0 saturated carbocycles. The van der Waals surface area contributed by atoms with Gasteiger partial charge in [0.1, 0.15) is 5.82 Å². The molecule has 0 spiro atoms. The number of ether oxygens (including phenoxy) is 1. The summed E-state index contributed by atoms with van der Waals surface area (Å²) in [4.78, 5) is 26.2. The van der Waals surface area contributed by atoms with E-state index < -0.39 is 11.7 Å². The van der Waals surface area contributed by atoms with E-state index in [1.54, 1.807) is 18.1 Å². The largest absolute Gasteiger partial charge is 0.383 e. The fourth-order valence-corrected chi connectivity index (χ4v) is 3.19. The van der Waals surface area contributed by atoms with E-state index in [0.29, 0.717) is 31.7 Å². The van der Waals surface area contributed by atoms with Gasteiger partial charge in [0, 0.05) is 31.5 Å². The number of halogens is 2. The number of hydrogen-bond acceptors (Lipinski definition) is 3. The average molecular weight is 377 g/mol. The molecular weight excluding hydrogens is 359 g/mol. The van der Waals surface area contributed by atoms with Gasteiger partial charge in [-0.2, -0.15) is 0 Å². The second-order valence-electron chi connectivity index (χ2n) is 5.96. The smallest absolute Gasteiger partial charge is 0.257 e. The van der Waals surface area contributed by atoms with Crippen LogP contribution < -0.4 is 10.2 Å². The summed E-state index contributed by atoms with van der Waals surface area (Å²) in [6.45, 7) is 0.936.